The molecule has 0 bridgehead atoms. The number of fused-ring (bicyclic) bond motifs is 1. The first-order chi connectivity index (χ1) is 13.0. The third kappa shape index (κ3) is 3.25. The minimum atomic E-state index is -0.186. The fourth-order valence-electron chi connectivity index (χ4n) is 3.22. The molecule has 3 aromatic rings. The van der Waals surface area contributed by atoms with Gasteiger partial charge in [-0.1, -0.05) is 6.07 Å². The van der Waals surface area contributed by atoms with Crippen molar-refractivity contribution in [2.24, 2.45) is 7.05 Å². The van der Waals surface area contributed by atoms with Crippen molar-refractivity contribution in [1.82, 2.24) is 25.3 Å². The summed E-state index contributed by atoms with van der Waals surface area (Å²) < 4.78 is 12.5. The Hall–Kier alpha value is -3.29. The van der Waals surface area contributed by atoms with Gasteiger partial charge in [0.2, 0.25) is 6.79 Å². The van der Waals surface area contributed by atoms with E-state index in [0.29, 0.717) is 18.7 Å². The number of carbonyl (C=O) groups excluding carboxylic acids is 1. The highest BCUT2D eigenvalue weighted by Gasteiger charge is 2.17. The van der Waals surface area contributed by atoms with Gasteiger partial charge in [0, 0.05) is 24.8 Å². The predicted molar refractivity (Wildman–Crippen MR) is 98.9 cm³/mol. The number of benzene rings is 1. The number of rotatable bonds is 5. The van der Waals surface area contributed by atoms with E-state index in [1.807, 2.05) is 43.8 Å². The molecule has 8 heteroatoms. The first-order valence-electron chi connectivity index (χ1n) is 8.75. The van der Waals surface area contributed by atoms with Gasteiger partial charge in [0.25, 0.3) is 5.91 Å². The minimum Gasteiger partial charge on any atom is -0.454 e. The number of amides is 1. The SMILES string of the molecule is Cc1nn(C)c(C)c1-c1cc(C(=O)NCCc2ccc3c(c2)OCO3)[nH]n1. The molecule has 0 aliphatic carbocycles. The van der Waals surface area contributed by atoms with Crippen molar-refractivity contribution < 1.29 is 14.3 Å². The number of aromatic amines is 1. The van der Waals surface area contributed by atoms with Crippen LogP contribution in [-0.2, 0) is 13.5 Å². The second kappa shape index (κ2) is 6.79. The quantitative estimate of drug-likeness (QED) is 0.720. The Bertz CT molecular complexity index is 1000. The summed E-state index contributed by atoms with van der Waals surface area (Å²) in [6, 6.07) is 7.56. The first kappa shape index (κ1) is 17.1. The van der Waals surface area contributed by atoms with Gasteiger partial charge in [0.15, 0.2) is 11.5 Å². The summed E-state index contributed by atoms with van der Waals surface area (Å²) in [4.78, 5) is 12.4. The highest BCUT2D eigenvalue weighted by atomic mass is 16.7. The molecule has 0 unspecified atom stereocenters. The molecular weight excluding hydrogens is 346 g/mol. The lowest BCUT2D eigenvalue weighted by Crippen LogP contribution is -2.26. The lowest BCUT2D eigenvalue weighted by molar-refractivity contribution is 0.0949. The number of carbonyl (C=O) groups is 1. The number of aromatic nitrogens is 4. The molecule has 0 fully saturated rings. The summed E-state index contributed by atoms with van der Waals surface area (Å²) in [6.45, 7) is 4.68. The van der Waals surface area contributed by atoms with Crippen molar-refractivity contribution >= 4 is 5.91 Å². The van der Waals surface area contributed by atoms with Gasteiger partial charge in [0.05, 0.1) is 11.4 Å². The molecule has 3 heterocycles. The Balaban J connectivity index is 1.38. The van der Waals surface area contributed by atoms with Crippen LogP contribution in [0.5, 0.6) is 11.5 Å². The van der Waals surface area contributed by atoms with Crippen molar-refractivity contribution in [3.8, 4) is 22.8 Å². The maximum absolute atomic E-state index is 12.4. The zero-order chi connectivity index (χ0) is 19.0. The molecule has 4 rings (SSSR count). The molecule has 1 amide bonds. The Labute approximate surface area is 156 Å². The molecule has 0 saturated carbocycles. The Morgan fingerprint density at radius 3 is 2.85 bits per heavy atom. The van der Waals surface area contributed by atoms with Gasteiger partial charge in [-0.05, 0) is 44.0 Å². The molecular formula is C19H21N5O3. The zero-order valence-electron chi connectivity index (χ0n) is 15.5. The van der Waals surface area contributed by atoms with E-state index in [1.54, 1.807) is 6.07 Å². The zero-order valence-corrected chi connectivity index (χ0v) is 15.5. The van der Waals surface area contributed by atoms with E-state index in [1.165, 1.54) is 0 Å². The highest BCUT2D eigenvalue weighted by Crippen LogP contribution is 2.32. The summed E-state index contributed by atoms with van der Waals surface area (Å²) >= 11 is 0. The number of hydrogen-bond donors (Lipinski definition) is 2. The van der Waals surface area contributed by atoms with Crippen LogP contribution in [0.1, 0.15) is 27.4 Å². The number of H-pyrrole nitrogens is 1. The largest absolute Gasteiger partial charge is 0.454 e. The van der Waals surface area contributed by atoms with Gasteiger partial charge >= 0.3 is 0 Å². The smallest absolute Gasteiger partial charge is 0.269 e. The van der Waals surface area contributed by atoms with Crippen molar-refractivity contribution in [1.29, 1.82) is 0 Å². The van der Waals surface area contributed by atoms with Crippen LogP contribution in [0.3, 0.4) is 0 Å². The second-order valence-corrected chi connectivity index (χ2v) is 6.53. The maximum Gasteiger partial charge on any atom is 0.269 e. The molecule has 0 atom stereocenters. The van der Waals surface area contributed by atoms with Crippen LogP contribution in [0.2, 0.25) is 0 Å². The van der Waals surface area contributed by atoms with Crippen molar-refractivity contribution in [2.75, 3.05) is 13.3 Å². The van der Waals surface area contributed by atoms with Crippen LogP contribution in [0.4, 0.5) is 0 Å². The third-order valence-electron chi connectivity index (χ3n) is 4.72. The van der Waals surface area contributed by atoms with Crippen molar-refractivity contribution in [2.45, 2.75) is 20.3 Å². The number of ether oxygens (including phenoxy) is 2. The average Bonchev–Trinajstić information content (AvgIpc) is 3.35. The molecule has 2 aromatic heterocycles. The standard InChI is InChI=1S/C19H21N5O3/c1-11-18(12(2)24(3)23-11)14-9-15(22-21-14)19(25)20-7-6-13-4-5-16-17(8-13)27-10-26-16/h4-5,8-9H,6-7,10H2,1-3H3,(H,20,25)(H,21,22). The molecule has 0 radical (unpaired) electrons. The molecule has 2 N–H and O–H groups in total. The maximum atomic E-state index is 12.4. The minimum absolute atomic E-state index is 0.186. The Morgan fingerprint density at radius 2 is 2.07 bits per heavy atom. The van der Waals surface area contributed by atoms with E-state index in [2.05, 4.69) is 20.6 Å². The van der Waals surface area contributed by atoms with Gasteiger partial charge in [0.1, 0.15) is 5.69 Å². The fourth-order valence-corrected chi connectivity index (χ4v) is 3.22. The normalized spacial score (nSPS) is 12.4. The van der Waals surface area contributed by atoms with Gasteiger partial charge < -0.3 is 14.8 Å². The Kier molecular flexibility index (Phi) is 4.31. The van der Waals surface area contributed by atoms with Crippen LogP contribution in [0.15, 0.2) is 24.3 Å². The fraction of sp³-hybridized carbons (Fsp3) is 0.316. The van der Waals surface area contributed by atoms with E-state index >= 15 is 0 Å². The van der Waals surface area contributed by atoms with Crippen LogP contribution < -0.4 is 14.8 Å². The summed E-state index contributed by atoms with van der Waals surface area (Å²) in [6.07, 6.45) is 0.699. The van der Waals surface area contributed by atoms with Crippen LogP contribution >= 0.6 is 0 Å². The summed E-state index contributed by atoms with van der Waals surface area (Å²) in [7, 11) is 1.89. The van der Waals surface area contributed by atoms with Gasteiger partial charge in [-0.3, -0.25) is 14.6 Å². The number of nitrogens with one attached hydrogen (secondary N) is 2. The molecule has 8 nitrogen and oxygen atoms in total. The number of aryl methyl sites for hydroxylation is 2. The number of nitrogens with zero attached hydrogens (tertiary/aromatic N) is 3. The average molecular weight is 367 g/mol. The predicted octanol–water partition coefficient (Wildman–Crippen LogP) is 2.13. The molecule has 0 saturated heterocycles. The van der Waals surface area contributed by atoms with Crippen molar-refractivity contribution in [3.05, 3.63) is 46.9 Å². The summed E-state index contributed by atoms with van der Waals surface area (Å²) in [5, 5.41) is 14.4. The van der Waals surface area contributed by atoms with Crippen LogP contribution in [0.25, 0.3) is 11.3 Å². The Morgan fingerprint density at radius 1 is 1.26 bits per heavy atom. The van der Waals surface area contributed by atoms with E-state index in [9.17, 15) is 4.79 Å². The van der Waals surface area contributed by atoms with Gasteiger partial charge in [-0.25, -0.2) is 0 Å². The molecule has 1 aromatic carbocycles. The molecule has 1 aliphatic rings. The van der Waals surface area contributed by atoms with Gasteiger partial charge in [-0.2, -0.15) is 10.2 Å². The lowest BCUT2D eigenvalue weighted by Gasteiger charge is -2.05. The first-order valence-corrected chi connectivity index (χ1v) is 8.75. The third-order valence-corrected chi connectivity index (χ3v) is 4.72. The topological polar surface area (TPSA) is 94.1 Å². The molecule has 0 spiro atoms. The van der Waals surface area contributed by atoms with E-state index < -0.39 is 0 Å². The van der Waals surface area contributed by atoms with Crippen LogP contribution in [0, 0.1) is 13.8 Å². The van der Waals surface area contributed by atoms with Crippen LogP contribution in [-0.4, -0.2) is 39.2 Å². The molecule has 27 heavy (non-hydrogen) atoms. The summed E-state index contributed by atoms with van der Waals surface area (Å²) in [5.41, 5.74) is 5.07. The molecule has 1 aliphatic heterocycles. The molecule has 140 valence electrons. The van der Waals surface area contributed by atoms with E-state index in [0.717, 1.165) is 39.7 Å². The van der Waals surface area contributed by atoms with Gasteiger partial charge in [-0.15, -0.1) is 0 Å². The van der Waals surface area contributed by atoms with E-state index in [-0.39, 0.29) is 12.7 Å². The monoisotopic (exact) mass is 367 g/mol. The lowest BCUT2D eigenvalue weighted by atomic mass is 10.1. The van der Waals surface area contributed by atoms with E-state index in [4.69, 9.17) is 9.47 Å². The van der Waals surface area contributed by atoms with Crippen molar-refractivity contribution in [3.63, 3.8) is 0 Å². The summed E-state index contributed by atoms with van der Waals surface area (Å²) in [5.74, 6) is 1.32. The number of hydrogen-bond acceptors (Lipinski definition) is 5. The highest BCUT2D eigenvalue weighted by molar-refractivity contribution is 5.93. The second-order valence-electron chi connectivity index (χ2n) is 6.53.